The summed E-state index contributed by atoms with van der Waals surface area (Å²) in [5.41, 5.74) is -1.41. The first-order valence-electron chi connectivity index (χ1n) is 10.7. The molecular formula is C24H24N4O5. The summed E-state index contributed by atoms with van der Waals surface area (Å²) in [4.78, 5) is 45.1. The van der Waals surface area contributed by atoms with Crippen molar-refractivity contribution < 1.29 is 19.4 Å². The number of carbonyl (C=O) groups is 2. The first kappa shape index (κ1) is 21.3. The lowest BCUT2D eigenvalue weighted by Crippen LogP contribution is -2.52. The summed E-state index contributed by atoms with van der Waals surface area (Å²) in [6, 6.07) is 12.7. The van der Waals surface area contributed by atoms with Crippen LogP contribution in [0.5, 0.6) is 0 Å². The van der Waals surface area contributed by atoms with Crippen molar-refractivity contribution in [3.8, 4) is 0 Å². The molecule has 2 aliphatic rings. The molecule has 2 aliphatic heterocycles. The van der Waals surface area contributed by atoms with Crippen LogP contribution in [0, 0.1) is 0 Å². The van der Waals surface area contributed by atoms with Crippen molar-refractivity contribution in [1.29, 1.82) is 0 Å². The predicted octanol–water partition coefficient (Wildman–Crippen LogP) is 1.44. The Hall–Kier alpha value is -3.56. The van der Waals surface area contributed by atoms with Crippen LogP contribution in [0.2, 0.25) is 0 Å². The van der Waals surface area contributed by atoms with E-state index in [2.05, 4.69) is 10.3 Å². The number of carbonyl (C=O) groups excluding carboxylic acids is 2. The number of anilines is 1. The third kappa shape index (κ3) is 3.00. The van der Waals surface area contributed by atoms with Crippen LogP contribution in [0.25, 0.3) is 10.9 Å². The Morgan fingerprint density at radius 2 is 1.88 bits per heavy atom. The molecule has 1 fully saturated rings. The van der Waals surface area contributed by atoms with Crippen LogP contribution < -0.4 is 15.8 Å². The summed E-state index contributed by atoms with van der Waals surface area (Å²) >= 11 is 0. The van der Waals surface area contributed by atoms with Crippen molar-refractivity contribution in [2.75, 3.05) is 12.0 Å². The van der Waals surface area contributed by atoms with Gasteiger partial charge in [0.05, 0.1) is 35.6 Å². The van der Waals surface area contributed by atoms with Crippen LogP contribution in [0.15, 0.2) is 59.7 Å². The van der Waals surface area contributed by atoms with Crippen molar-refractivity contribution in [3.05, 3.63) is 70.8 Å². The van der Waals surface area contributed by atoms with E-state index < -0.39 is 34.9 Å². The van der Waals surface area contributed by atoms with Crippen molar-refractivity contribution in [2.45, 2.75) is 43.6 Å². The second kappa shape index (κ2) is 7.23. The number of nitrogens with zero attached hydrogens (tertiary/aromatic N) is 3. The molecular weight excluding hydrogens is 424 g/mol. The number of amides is 1. The first-order valence-corrected chi connectivity index (χ1v) is 10.7. The van der Waals surface area contributed by atoms with Gasteiger partial charge in [-0.1, -0.05) is 30.3 Å². The van der Waals surface area contributed by atoms with E-state index in [-0.39, 0.29) is 12.3 Å². The van der Waals surface area contributed by atoms with E-state index in [1.165, 1.54) is 22.9 Å². The molecule has 33 heavy (non-hydrogen) atoms. The van der Waals surface area contributed by atoms with Gasteiger partial charge < -0.3 is 9.84 Å². The number of esters is 1. The normalized spacial score (nSPS) is 23.9. The minimum atomic E-state index is -1.66. The molecule has 3 atom stereocenters. The minimum Gasteiger partial charge on any atom is -0.467 e. The molecule has 0 spiro atoms. The molecule has 2 aromatic carbocycles. The zero-order valence-electron chi connectivity index (χ0n) is 18.5. The fourth-order valence-electron chi connectivity index (χ4n) is 4.92. The topological polar surface area (TPSA) is 114 Å². The Morgan fingerprint density at radius 3 is 2.64 bits per heavy atom. The molecule has 3 aromatic rings. The van der Waals surface area contributed by atoms with Crippen molar-refractivity contribution in [1.82, 2.24) is 14.9 Å². The van der Waals surface area contributed by atoms with Crippen molar-refractivity contribution in [2.24, 2.45) is 0 Å². The van der Waals surface area contributed by atoms with Gasteiger partial charge in [0.25, 0.3) is 5.56 Å². The van der Waals surface area contributed by atoms with Gasteiger partial charge in [0.2, 0.25) is 5.91 Å². The summed E-state index contributed by atoms with van der Waals surface area (Å²) in [5.74, 6) is -0.878. The lowest BCUT2D eigenvalue weighted by atomic mass is 9.86. The molecule has 0 radical (unpaired) electrons. The monoisotopic (exact) mass is 448 g/mol. The zero-order chi connectivity index (χ0) is 23.5. The van der Waals surface area contributed by atoms with E-state index in [9.17, 15) is 19.5 Å². The molecule has 9 heteroatoms. The van der Waals surface area contributed by atoms with Gasteiger partial charge in [-0.2, -0.15) is 0 Å². The van der Waals surface area contributed by atoms with E-state index in [0.29, 0.717) is 22.2 Å². The highest BCUT2D eigenvalue weighted by molar-refractivity contribution is 6.05. The highest BCUT2D eigenvalue weighted by atomic mass is 16.5. The van der Waals surface area contributed by atoms with Crippen LogP contribution >= 0.6 is 0 Å². The number of hydrogen-bond donors (Lipinski definition) is 2. The maximum Gasteiger partial charge on any atom is 0.329 e. The number of nitrogens with one attached hydrogen (secondary N) is 1. The smallest absolute Gasteiger partial charge is 0.329 e. The fraction of sp³-hybridized carbons (Fsp3) is 0.333. The minimum absolute atomic E-state index is 0.185. The summed E-state index contributed by atoms with van der Waals surface area (Å²) < 4.78 is 6.21. The van der Waals surface area contributed by atoms with E-state index in [1.54, 1.807) is 62.4 Å². The summed E-state index contributed by atoms with van der Waals surface area (Å²) in [5, 5.41) is 15.6. The van der Waals surface area contributed by atoms with Gasteiger partial charge >= 0.3 is 5.97 Å². The SMILES string of the molecule is COC(=O)[C@@H](C[C@]1(O)c2ccccc2N2C(=O)C(C)(C)N[C@H]21)n1cnc2ccccc2c1=O. The standard InChI is InChI=1S/C24H24N4O5/c1-23(2)22(31)28-17-11-7-5-9-15(17)24(32,21(28)26-23)12-18(20(30)33-3)27-13-25-16-10-6-4-8-14(16)19(27)29/h4-11,13,18,21,26,32H,12H2,1-3H3/t18-,21-,24+/m1/s1. The van der Waals surface area contributed by atoms with E-state index in [1.807, 2.05) is 0 Å². The largest absolute Gasteiger partial charge is 0.467 e. The van der Waals surface area contributed by atoms with Crippen LogP contribution in [0.1, 0.15) is 31.9 Å². The highest BCUT2D eigenvalue weighted by Crippen LogP contribution is 2.50. The Balaban J connectivity index is 1.65. The average Bonchev–Trinajstić information content (AvgIpc) is 3.20. The molecule has 0 aliphatic carbocycles. The number of methoxy groups -OCH3 is 1. The lowest BCUT2D eigenvalue weighted by molar-refractivity contribution is -0.147. The van der Waals surface area contributed by atoms with E-state index in [0.717, 1.165) is 0 Å². The number of ether oxygens (including phenoxy) is 1. The maximum atomic E-state index is 13.3. The number of benzene rings is 2. The van der Waals surface area contributed by atoms with E-state index in [4.69, 9.17) is 4.74 Å². The predicted molar refractivity (Wildman–Crippen MR) is 121 cm³/mol. The molecule has 2 N–H and O–H groups in total. The molecule has 3 heterocycles. The fourth-order valence-corrected chi connectivity index (χ4v) is 4.92. The molecule has 9 nitrogen and oxygen atoms in total. The molecule has 0 bridgehead atoms. The second-order valence-corrected chi connectivity index (χ2v) is 9.01. The maximum absolute atomic E-state index is 13.3. The van der Waals surface area contributed by atoms with Crippen LogP contribution in [-0.4, -0.2) is 45.3 Å². The van der Waals surface area contributed by atoms with Gasteiger partial charge in [0.1, 0.15) is 17.8 Å². The Labute approximate surface area is 189 Å². The Morgan fingerprint density at radius 1 is 1.18 bits per heavy atom. The molecule has 5 rings (SSSR count). The summed E-state index contributed by atoms with van der Waals surface area (Å²) in [7, 11) is 1.23. The molecule has 1 aromatic heterocycles. The summed E-state index contributed by atoms with van der Waals surface area (Å²) in [6.45, 7) is 3.48. The van der Waals surface area contributed by atoms with Crippen molar-refractivity contribution in [3.63, 3.8) is 0 Å². The van der Waals surface area contributed by atoms with Crippen LogP contribution in [-0.2, 0) is 19.9 Å². The number of aliphatic hydroxyl groups is 1. The molecule has 170 valence electrons. The van der Waals surface area contributed by atoms with Crippen LogP contribution in [0.3, 0.4) is 0 Å². The second-order valence-electron chi connectivity index (χ2n) is 9.01. The van der Waals surface area contributed by atoms with Gasteiger partial charge in [-0.25, -0.2) is 9.78 Å². The third-order valence-electron chi connectivity index (χ3n) is 6.60. The highest BCUT2D eigenvalue weighted by Gasteiger charge is 2.61. The van der Waals surface area contributed by atoms with Crippen molar-refractivity contribution >= 4 is 28.5 Å². The van der Waals surface area contributed by atoms with Gasteiger partial charge in [-0.05, 0) is 32.0 Å². The zero-order valence-corrected chi connectivity index (χ0v) is 18.5. The first-order chi connectivity index (χ1) is 15.7. The molecule has 0 saturated carbocycles. The number of hydrogen-bond acceptors (Lipinski definition) is 7. The Kier molecular flexibility index (Phi) is 4.66. The molecule has 1 saturated heterocycles. The van der Waals surface area contributed by atoms with Gasteiger partial charge in [0.15, 0.2) is 0 Å². The quantitative estimate of drug-likeness (QED) is 0.581. The molecule has 0 unspecified atom stereocenters. The number of para-hydroxylation sites is 2. The van der Waals surface area contributed by atoms with Gasteiger partial charge in [-0.15, -0.1) is 0 Å². The summed E-state index contributed by atoms with van der Waals surface area (Å²) in [6.07, 6.45) is 0.285. The average molecular weight is 448 g/mol. The van der Waals surface area contributed by atoms with Gasteiger partial charge in [-0.3, -0.25) is 24.4 Å². The number of rotatable bonds is 4. The number of aromatic nitrogens is 2. The molecule has 1 amide bonds. The Bertz CT molecular complexity index is 1350. The van der Waals surface area contributed by atoms with E-state index >= 15 is 0 Å². The number of fused-ring (bicyclic) bond motifs is 4. The van der Waals surface area contributed by atoms with Crippen LogP contribution in [0.4, 0.5) is 5.69 Å². The third-order valence-corrected chi connectivity index (χ3v) is 6.60. The lowest BCUT2D eigenvalue weighted by Gasteiger charge is -2.34. The van der Waals surface area contributed by atoms with Gasteiger partial charge in [0, 0.05) is 12.0 Å².